The summed E-state index contributed by atoms with van der Waals surface area (Å²) in [5.74, 6) is -0.685. The highest BCUT2D eigenvalue weighted by molar-refractivity contribution is 7.07. The van der Waals surface area contributed by atoms with Crippen LogP contribution >= 0.6 is 11.3 Å². The van der Waals surface area contributed by atoms with Crippen molar-refractivity contribution in [1.29, 1.82) is 5.26 Å². The van der Waals surface area contributed by atoms with Gasteiger partial charge in [0.2, 0.25) is 0 Å². The Bertz CT molecular complexity index is 934. The molecule has 0 aliphatic heterocycles. The van der Waals surface area contributed by atoms with Crippen LogP contribution in [-0.4, -0.2) is 9.49 Å². The van der Waals surface area contributed by atoms with Crippen LogP contribution in [0.25, 0.3) is 12.2 Å². The molecule has 2 rings (SSSR count). The second-order valence-corrected chi connectivity index (χ2v) is 5.13. The van der Waals surface area contributed by atoms with Gasteiger partial charge in [-0.2, -0.15) is 5.26 Å². The Kier molecular flexibility index (Phi) is 3.86. The van der Waals surface area contributed by atoms with Crippen LogP contribution in [0.4, 0.5) is 5.69 Å². The molecular weight excluding hydrogens is 294 g/mol. The van der Waals surface area contributed by atoms with Crippen molar-refractivity contribution < 1.29 is 10.0 Å². The Hall–Kier alpha value is -2.92. The van der Waals surface area contributed by atoms with E-state index in [-0.39, 0.29) is 5.56 Å². The van der Waals surface area contributed by atoms with E-state index in [1.165, 1.54) is 29.8 Å². The normalized spacial score (nSPS) is 12.4. The standard InChI is InChI=1S/C13H9N3O4S/c1-15-12(4-5-14)21-11(13(15)18)7-8-2-3-10(17)9(6-8)16(19)20/h2-4,6-7,17H,1H3/p-1/b11-7+,12-4-. The summed E-state index contributed by atoms with van der Waals surface area (Å²) in [6.45, 7) is 0. The van der Waals surface area contributed by atoms with Crippen molar-refractivity contribution in [2.75, 3.05) is 0 Å². The van der Waals surface area contributed by atoms with Gasteiger partial charge >= 0.3 is 0 Å². The van der Waals surface area contributed by atoms with Crippen LogP contribution < -0.4 is 19.9 Å². The maximum atomic E-state index is 12.0. The molecule has 0 fully saturated rings. The lowest BCUT2D eigenvalue weighted by atomic mass is 10.2. The molecule has 2 aromatic rings. The quantitative estimate of drug-likeness (QED) is 0.551. The SMILES string of the molecule is Cn1c(=O)/c(=C\c2ccc([O-])c([N+](=O)[O-])c2)s/c1=C\C#N. The lowest BCUT2D eigenvalue weighted by molar-refractivity contribution is -0.398. The number of nitro groups is 1. The first-order valence-corrected chi connectivity index (χ1v) is 6.48. The number of hydrogen-bond acceptors (Lipinski definition) is 6. The fraction of sp³-hybridized carbons (Fsp3) is 0.0769. The molecule has 0 aliphatic rings. The highest BCUT2D eigenvalue weighted by Gasteiger charge is 2.07. The summed E-state index contributed by atoms with van der Waals surface area (Å²) in [5, 5.41) is 30.7. The van der Waals surface area contributed by atoms with Crippen molar-refractivity contribution in [1.82, 2.24) is 4.57 Å². The van der Waals surface area contributed by atoms with Gasteiger partial charge < -0.3 is 9.67 Å². The van der Waals surface area contributed by atoms with E-state index in [4.69, 9.17) is 5.26 Å². The molecule has 0 saturated carbocycles. The van der Waals surface area contributed by atoms with E-state index in [2.05, 4.69) is 0 Å². The maximum absolute atomic E-state index is 12.0. The predicted octanol–water partition coefficient (Wildman–Crippen LogP) is -0.439. The van der Waals surface area contributed by atoms with E-state index in [0.29, 0.717) is 14.8 Å². The molecule has 0 radical (unpaired) electrons. The van der Waals surface area contributed by atoms with Gasteiger partial charge in [-0.3, -0.25) is 14.9 Å². The number of aromatic nitrogens is 1. The number of nitriles is 1. The third kappa shape index (κ3) is 2.82. The molecule has 0 N–H and O–H groups in total. The molecule has 1 aromatic carbocycles. The highest BCUT2D eigenvalue weighted by Crippen LogP contribution is 2.23. The van der Waals surface area contributed by atoms with Gasteiger partial charge in [-0.1, -0.05) is 12.1 Å². The minimum Gasteiger partial charge on any atom is -0.868 e. The van der Waals surface area contributed by atoms with Gasteiger partial charge in [-0.15, -0.1) is 11.3 Å². The number of rotatable bonds is 2. The second-order valence-electron chi connectivity index (χ2n) is 4.07. The van der Waals surface area contributed by atoms with Crippen LogP contribution in [0, 0.1) is 21.4 Å². The Morgan fingerprint density at radius 2 is 2.19 bits per heavy atom. The van der Waals surface area contributed by atoms with Crippen LogP contribution in [-0.2, 0) is 7.05 Å². The third-order valence-electron chi connectivity index (χ3n) is 2.73. The molecule has 0 unspecified atom stereocenters. The Morgan fingerprint density at radius 1 is 1.48 bits per heavy atom. The molecular formula is C13H8N3O4S-. The zero-order valence-electron chi connectivity index (χ0n) is 10.8. The Labute approximate surface area is 122 Å². The average molecular weight is 302 g/mol. The van der Waals surface area contributed by atoms with Crippen LogP contribution in [0.3, 0.4) is 0 Å². The summed E-state index contributed by atoms with van der Waals surface area (Å²) in [5.41, 5.74) is -0.472. The van der Waals surface area contributed by atoms with E-state index < -0.39 is 16.4 Å². The fourth-order valence-electron chi connectivity index (χ4n) is 1.68. The zero-order chi connectivity index (χ0) is 15.6. The van der Waals surface area contributed by atoms with Gasteiger partial charge in [0.1, 0.15) is 4.66 Å². The van der Waals surface area contributed by atoms with Crippen molar-refractivity contribution in [2.24, 2.45) is 7.05 Å². The number of thiazole rings is 1. The average Bonchev–Trinajstić information content (AvgIpc) is 2.69. The van der Waals surface area contributed by atoms with Crippen LogP contribution in [0.2, 0.25) is 0 Å². The first-order chi connectivity index (χ1) is 9.93. The minimum absolute atomic E-state index is 0.310. The van der Waals surface area contributed by atoms with Gasteiger partial charge in [-0.25, -0.2) is 0 Å². The molecule has 1 aromatic heterocycles. The third-order valence-corrected chi connectivity index (χ3v) is 3.84. The van der Waals surface area contributed by atoms with E-state index in [0.717, 1.165) is 23.5 Å². The Balaban J connectivity index is 2.66. The number of nitro benzene ring substituents is 1. The molecule has 7 nitrogen and oxygen atoms in total. The number of benzene rings is 1. The first kappa shape index (κ1) is 14.5. The van der Waals surface area contributed by atoms with Crippen molar-refractivity contribution in [3.05, 3.63) is 53.4 Å². The maximum Gasteiger partial charge on any atom is 0.268 e. The van der Waals surface area contributed by atoms with Crippen molar-refractivity contribution in [3.63, 3.8) is 0 Å². The number of hydrogen-bond donors (Lipinski definition) is 0. The van der Waals surface area contributed by atoms with E-state index in [1.807, 2.05) is 6.07 Å². The molecule has 8 heteroatoms. The summed E-state index contributed by atoms with van der Waals surface area (Å²) in [6.07, 6.45) is 2.70. The molecule has 1 heterocycles. The lowest BCUT2D eigenvalue weighted by Crippen LogP contribution is -2.28. The second kappa shape index (κ2) is 5.60. The molecule has 106 valence electrons. The van der Waals surface area contributed by atoms with Gasteiger partial charge in [0.25, 0.3) is 11.2 Å². The largest absolute Gasteiger partial charge is 0.868 e. The van der Waals surface area contributed by atoms with Gasteiger partial charge in [0, 0.05) is 19.2 Å². The molecule has 0 spiro atoms. The lowest BCUT2D eigenvalue weighted by Gasteiger charge is -2.05. The van der Waals surface area contributed by atoms with Gasteiger partial charge in [0.05, 0.1) is 15.5 Å². The van der Waals surface area contributed by atoms with Crippen LogP contribution in [0.15, 0.2) is 23.0 Å². The first-order valence-electron chi connectivity index (χ1n) is 5.67. The smallest absolute Gasteiger partial charge is 0.268 e. The molecule has 0 amide bonds. The molecule has 21 heavy (non-hydrogen) atoms. The summed E-state index contributed by atoms with van der Waals surface area (Å²) in [4.78, 5) is 21.9. The molecule has 0 bridgehead atoms. The van der Waals surface area contributed by atoms with E-state index >= 15 is 0 Å². The van der Waals surface area contributed by atoms with Crippen molar-refractivity contribution in [3.8, 4) is 11.8 Å². The van der Waals surface area contributed by atoms with Crippen LogP contribution in [0.1, 0.15) is 5.56 Å². The van der Waals surface area contributed by atoms with Gasteiger partial charge in [0.15, 0.2) is 0 Å². The van der Waals surface area contributed by atoms with Crippen molar-refractivity contribution in [2.45, 2.75) is 0 Å². The summed E-state index contributed by atoms with van der Waals surface area (Å²) in [7, 11) is 1.53. The minimum atomic E-state index is -0.763. The fourth-order valence-corrected chi connectivity index (χ4v) is 2.66. The monoisotopic (exact) mass is 302 g/mol. The zero-order valence-corrected chi connectivity index (χ0v) is 11.6. The summed E-state index contributed by atoms with van der Waals surface area (Å²) >= 11 is 1.09. The van der Waals surface area contributed by atoms with Crippen molar-refractivity contribution >= 4 is 29.2 Å². The predicted molar refractivity (Wildman–Crippen MR) is 75.0 cm³/mol. The summed E-state index contributed by atoms with van der Waals surface area (Å²) in [6, 6.07) is 5.45. The Morgan fingerprint density at radius 3 is 2.81 bits per heavy atom. The van der Waals surface area contributed by atoms with Gasteiger partial charge in [-0.05, 0) is 17.4 Å². The van der Waals surface area contributed by atoms with E-state index in [9.17, 15) is 20.0 Å². The topological polar surface area (TPSA) is 112 Å². The van der Waals surface area contributed by atoms with Crippen LogP contribution in [0.5, 0.6) is 5.75 Å². The molecule has 0 aliphatic carbocycles. The highest BCUT2D eigenvalue weighted by atomic mass is 32.1. The summed E-state index contributed by atoms with van der Waals surface area (Å²) < 4.78 is 2.12. The molecule has 0 atom stereocenters. The molecule has 0 saturated heterocycles. The number of nitrogens with zero attached hydrogens (tertiary/aromatic N) is 3. The van der Waals surface area contributed by atoms with E-state index in [1.54, 1.807) is 0 Å².